The summed E-state index contributed by atoms with van der Waals surface area (Å²) < 4.78 is 0. The minimum atomic E-state index is -0.329. The van der Waals surface area contributed by atoms with Crippen molar-refractivity contribution >= 4 is 5.91 Å². The fourth-order valence-electron chi connectivity index (χ4n) is 2.30. The largest absolute Gasteiger partial charge is 0.351 e. The van der Waals surface area contributed by atoms with Gasteiger partial charge in [0.15, 0.2) is 0 Å². The Bertz CT molecular complexity index is 247. The van der Waals surface area contributed by atoms with Gasteiger partial charge in [-0.3, -0.25) is 4.79 Å². The molecule has 0 aromatic rings. The Kier molecular flexibility index (Phi) is 3.53. The third-order valence-corrected chi connectivity index (χ3v) is 4.13. The molecule has 92 valence electrons. The van der Waals surface area contributed by atoms with Crippen LogP contribution in [0.4, 0.5) is 0 Å². The predicted molar refractivity (Wildman–Crippen MR) is 64.8 cm³/mol. The van der Waals surface area contributed by atoms with Gasteiger partial charge in [-0.15, -0.1) is 0 Å². The van der Waals surface area contributed by atoms with Crippen LogP contribution in [-0.2, 0) is 4.79 Å². The molecule has 16 heavy (non-hydrogen) atoms. The van der Waals surface area contributed by atoms with Gasteiger partial charge in [0.1, 0.15) is 0 Å². The minimum Gasteiger partial charge on any atom is -0.351 e. The van der Waals surface area contributed by atoms with Crippen molar-refractivity contribution in [3.8, 4) is 0 Å². The molecule has 2 fully saturated rings. The van der Waals surface area contributed by atoms with Crippen LogP contribution in [0.15, 0.2) is 0 Å². The van der Waals surface area contributed by atoms with Crippen LogP contribution < -0.4 is 11.1 Å². The molecule has 2 rings (SSSR count). The first-order chi connectivity index (χ1) is 7.63. The maximum absolute atomic E-state index is 12.0. The summed E-state index contributed by atoms with van der Waals surface area (Å²) in [6, 6.07) is 0.104. The topological polar surface area (TPSA) is 55.1 Å². The number of nitrogens with two attached hydrogens (primary N) is 1. The minimum absolute atomic E-state index is 0.0677. The van der Waals surface area contributed by atoms with Crippen LogP contribution in [-0.4, -0.2) is 18.0 Å². The molecule has 0 saturated heterocycles. The van der Waals surface area contributed by atoms with E-state index in [1.807, 2.05) is 6.92 Å². The van der Waals surface area contributed by atoms with Crippen molar-refractivity contribution in [2.75, 3.05) is 0 Å². The molecule has 0 spiro atoms. The average Bonchev–Trinajstić information content (AvgIpc) is 3.15. The molecule has 2 aliphatic carbocycles. The molecule has 0 radical (unpaired) electrons. The fourth-order valence-corrected chi connectivity index (χ4v) is 2.30. The summed E-state index contributed by atoms with van der Waals surface area (Å²) in [5.41, 5.74) is 5.95. The van der Waals surface area contributed by atoms with Crippen LogP contribution in [0.2, 0.25) is 0 Å². The third-order valence-electron chi connectivity index (χ3n) is 4.13. The highest BCUT2D eigenvalue weighted by Gasteiger charge is 2.42. The second-order valence-electron chi connectivity index (χ2n) is 5.62. The highest BCUT2D eigenvalue weighted by atomic mass is 16.2. The van der Waals surface area contributed by atoms with Gasteiger partial charge < -0.3 is 11.1 Å². The van der Waals surface area contributed by atoms with E-state index in [9.17, 15) is 4.79 Å². The van der Waals surface area contributed by atoms with Crippen LogP contribution in [0, 0.1) is 17.8 Å². The van der Waals surface area contributed by atoms with Crippen molar-refractivity contribution in [3.63, 3.8) is 0 Å². The summed E-state index contributed by atoms with van der Waals surface area (Å²) >= 11 is 0. The summed E-state index contributed by atoms with van der Waals surface area (Å²) in [6.07, 6.45) is 6.13. The lowest BCUT2D eigenvalue weighted by molar-refractivity contribution is -0.124. The molecule has 0 heterocycles. The van der Waals surface area contributed by atoms with Gasteiger partial charge in [-0.2, -0.15) is 0 Å². The van der Waals surface area contributed by atoms with Gasteiger partial charge >= 0.3 is 0 Å². The highest BCUT2D eigenvalue weighted by Crippen LogP contribution is 2.44. The summed E-state index contributed by atoms with van der Waals surface area (Å²) in [5, 5.41) is 3.19. The summed E-state index contributed by atoms with van der Waals surface area (Å²) in [5.74, 6) is 1.85. The normalized spacial score (nSPS) is 24.2. The number of nitrogens with one attached hydrogen (secondary N) is 1. The number of amides is 1. The predicted octanol–water partition coefficient (Wildman–Crippen LogP) is 1.66. The Morgan fingerprint density at radius 2 is 1.81 bits per heavy atom. The SMILES string of the molecule is CCC(C)C(N)C(=O)NC(C1CC1)C1CC1. The fraction of sp³-hybridized carbons (Fsp3) is 0.923. The monoisotopic (exact) mass is 224 g/mol. The second-order valence-corrected chi connectivity index (χ2v) is 5.62. The van der Waals surface area contributed by atoms with E-state index in [1.165, 1.54) is 25.7 Å². The molecule has 0 aliphatic heterocycles. The maximum Gasteiger partial charge on any atom is 0.237 e. The van der Waals surface area contributed by atoms with E-state index in [1.54, 1.807) is 0 Å². The molecule has 3 nitrogen and oxygen atoms in total. The smallest absolute Gasteiger partial charge is 0.237 e. The number of rotatable bonds is 6. The van der Waals surface area contributed by atoms with Crippen molar-refractivity contribution in [1.82, 2.24) is 5.32 Å². The zero-order valence-corrected chi connectivity index (χ0v) is 10.4. The molecule has 0 aromatic heterocycles. The lowest BCUT2D eigenvalue weighted by Gasteiger charge is -2.23. The van der Waals surface area contributed by atoms with Crippen molar-refractivity contribution in [2.24, 2.45) is 23.5 Å². The van der Waals surface area contributed by atoms with E-state index in [-0.39, 0.29) is 17.9 Å². The molecule has 3 heteroatoms. The van der Waals surface area contributed by atoms with Gasteiger partial charge in [-0.1, -0.05) is 20.3 Å². The zero-order valence-electron chi connectivity index (χ0n) is 10.4. The molecular formula is C13H24N2O. The molecule has 1 amide bonds. The lowest BCUT2D eigenvalue weighted by atomic mass is 9.98. The highest BCUT2D eigenvalue weighted by molar-refractivity contribution is 5.82. The Morgan fingerprint density at radius 1 is 1.31 bits per heavy atom. The quantitative estimate of drug-likeness (QED) is 0.721. The van der Waals surface area contributed by atoms with E-state index in [4.69, 9.17) is 5.73 Å². The van der Waals surface area contributed by atoms with Crippen LogP contribution in [0.1, 0.15) is 46.0 Å². The van der Waals surface area contributed by atoms with Gasteiger partial charge in [0.2, 0.25) is 5.91 Å². The van der Waals surface area contributed by atoms with E-state index in [0.717, 1.165) is 18.3 Å². The van der Waals surface area contributed by atoms with Gasteiger partial charge in [-0.25, -0.2) is 0 Å². The molecule has 2 aliphatic rings. The third kappa shape index (κ3) is 2.76. The van der Waals surface area contributed by atoms with Crippen LogP contribution >= 0.6 is 0 Å². The van der Waals surface area contributed by atoms with Crippen molar-refractivity contribution in [3.05, 3.63) is 0 Å². The Hall–Kier alpha value is -0.570. The first-order valence-electron chi connectivity index (χ1n) is 6.69. The Morgan fingerprint density at radius 3 is 2.19 bits per heavy atom. The summed E-state index contributed by atoms with van der Waals surface area (Å²) in [6.45, 7) is 4.13. The number of hydrogen-bond acceptors (Lipinski definition) is 2. The van der Waals surface area contributed by atoms with E-state index in [0.29, 0.717) is 6.04 Å². The number of carbonyl (C=O) groups is 1. The van der Waals surface area contributed by atoms with Gasteiger partial charge in [0.05, 0.1) is 6.04 Å². The molecule has 0 bridgehead atoms. The Balaban J connectivity index is 1.84. The molecule has 2 unspecified atom stereocenters. The second kappa shape index (κ2) is 4.74. The molecule has 3 N–H and O–H groups in total. The molecule has 2 atom stereocenters. The van der Waals surface area contributed by atoms with Gasteiger partial charge in [0, 0.05) is 6.04 Å². The summed E-state index contributed by atoms with van der Waals surface area (Å²) in [7, 11) is 0. The maximum atomic E-state index is 12.0. The van der Waals surface area contributed by atoms with Crippen LogP contribution in [0.3, 0.4) is 0 Å². The summed E-state index contributed by atoms with van der Waals surface area (Å²) in [4.78, 5) is 12.0. The molecular weight excluding hydrogens is 200 g/mol. The van der Waals surface area contributed by atoms with Crippen molar-refractivity contribution in [1.29, 1.82) is 0 Å². The van der Waals surface area contributed by atoms with Crippen LogP contribution in [0.25, 0.3) is 0 Å². The van der Waals surface area contributed by atoms with Crippen molar-refractivity contribution < 1.29 is 4.79 Å². The van der Waals surface area contributed by atoms with Crippen LogP contribution in [0.5, 0.6) is 0 Å². The number of hydrogen-bond donors (Lipinski definition) is 2. The first kappa shape index (κ1) is 11.9. The lowest BCUT2D eigenvalue weighted by Crippen LogP contribution is -2.49. The molecule has 2 saturated carbocycles. The molecule has 0 aromatic carbocycles. The Labute approximate surface area is 98.2 Å². The number of carbonyl (C=O) groups excluding carboxylic acids is 1. The van der Waals surface area contributed by atoms with Crippen molar-refractivity contribution in [2.45, 2.75) is 58.0 Å². The van der Waals surface area contributed by atoms with E-state index < -0.39 is 0 Å². The van der Waals surface area contributed by atoms with E-state index in [2.05, 4.69) is 12.2 Å². The average molecular weight is 224 g/mol. The van der Waals surface area contributed by atoms with E-state index >= 15 is 0 Å². The zero-order chi connectivity index (χ0) is 11.7. The van der Waals surface area contributed by atoms with Gasteiger partial charge in [-0.05, 0) is 43.4 Å². The van der Waals surface area contributed by atoms with Gasteiger partial charge in [0.25, 0.3) is 0 Å². The first-order valence-corrected chi connectivity index (χ1v) is 6.69. The standard InChI is InChI=1S/C13H24N2O/c1-3-8(2)11(14)13(16)15-12(9-4-5-9)10-6-7-10/h8-12H,3-7,14H2,1-2H3,(H,15,16).